The Hall–Kier alpha value is -4.01. The molecule has 0 radical (unpaired) electrons. The number of anilines is 3. The molecule has 8 nitrogen and oxygen atoms in total. The van der Waals surface area contributed by atoms with Crippen molar-refractivity contribution in [3.05, 3.63) is 60.3 Å². The largest absolute Gasteiger partial charge is 0.397 e. The SMILES string of the molecule is CC[C@H]1[C@H](C(=O)Nc2cc3cc(-c4cncc(N)c4C)c(F)c(N)c3cn2)[C@H]1c1cncn1C. The van der Waals surface area contributed by atoms with Crippen LogP contribution in [0, 0.1) is 24.6 Å². The first-order valence-electron chi connectivity index (χ1n) is 11.2. The Balaban J connectivity index is 1.47. The molecule has 0 spiro atoms. The zero-order valence-corrected chi connectivity index (χ0v) is 19.2. The molecule has 0 saturated heterocycles. The molecule has 1 aliphatic rings. The predicted octanol–water partition coefficient (Wildman–Crippen LogP) is 4.02. The van der Waals surface area contributed by atoms with Gasteiger partial charge >= 0.3 is 0 Å². The van der Waals surface area contributed by atoms with Crippen molar-refractivity contribution >= 4 is 33.9 Å². The number of aromatic nitrogens is 4. The molecule has 3 aromatic heterocycles. The molecule has 1 aliphatic carbocycles. The van der Waals surface area contributed by atoms with Crippen LogP contribution in [0.25, 0.3) is 21.9 Å². The molecule has 3 heterocycles. The van der Waals surface area contributed by atoms with E-state index in [-0.39, 0.29) is 29.3 Å². The number of nitrogen functional groups attached to an aromatic ring is 2. The van der Waals surface area contributed by atoms with Crippen molar-refractivity contribution in [2.24, 2.45) is 18.9 Å². The van der Waals surface area contributed by atoms with E-state index in [1.807, 2.05) is 24.7 Å². The minimum absolute atomic E-state index is 0.00999. The Morgan fingerprint density at radius 2 is 1.94 bits per heavy atom. The number of halogens is 1. The first kappa shape index (κ1) is 21.8. The highest BCUT2D eigenvalue weighted by Gasteiger charge is 2.55. The number of nitrogens with zero attached hydrogens (tertiary/aromatic N) is 4. The number of benzene rings is 1. The Labute approximate surface area is 196 Å². The maximum atomic E-state index is 15.1. The van der Waals surface area contributed by atoms with Crippen molar-refractivity contribution in [1.29, 1.82) is 0 Å². The van der Waals surface area contributed by atoms with E-state index >= 15 is 4.39 Å². The Morgan fingerprint density at radius 1 is 1.15 bits per heavy atom. The number of hydrogen-bond acceptors (Lipinski definition) is 6. The monoisotopic (exact) mass is 459 g/mol. The molecule has 0 unspecified atom stereocenters. The highest BCUT2D eigenvalue weighted by atomic mass is 19.1. The molecule has 0 aliphatic heterocycles. The van der Waals surface area contributed by atoms with Crippen molar-refractivity contribution < 1.29 is 9.18 Å². The molecular formula is C25H26FN7O. The third kappa shape index (κ3) is 3.44. The van der Waals surface area contributed by atoms with Crippen molar-refractivity contribution in [2.75, 3.05) is 16.8 Å². The van der Waals surface area contributed by atoms with Gasteiger partial charge < -0.3 is 21.4 Å². The summed E-state index contributed by atoms with van der Waals surface area (Å²) in [7, 11) is 1.94. The highest BCUT2D eigenvalue weighted by Crippen LogP contribution is 2.56. The molecule has 34 heavy (non-hydrogen) atoms. The average Bonchev–Trinajstić information content (AvgIpc) is 3.40. The normalized spacial score (nSPS) is 19.4. The molecule has 5 rings (SSSR count). The summed E-state index contributed by atoms with van der Waals surface area (Å²) in [6, 6.07) is 3.40. The molecular weight excluding hydrogens is 433 g/mol. The van der Waals surface area contributed by atoms with Gasteiger partial charge in [0.05, 0.1) is 29.8 Å². The minimum atomic E-state index is -0.552. The summed E-state index contributed by atoms with van der Waals surface area (Å²) in [4.78, 5) is 25.7. The van der Waals surface area contributed by atoms with E-state index in [0.717, 1.165) is 17.7 Å². The summed E-state index contributed by atoms with van der Waals surface area (Å²) < 4.78 is 17.1. The molecule has 174 valence electrons. The van der Waals surface area contributed by atoms with Gasteiger partial charge in [-0.1, -0.05) is 13.3 Å². The topological polar surface area (TPSA) is 125 Å². The minimum Gasteiger partial charge on any atom is -0.397 e. The lowest BCUT2D eigenvalue weighted by atomic mass is 9.97. The Kier molecular flexibility index (Phi) is 5.19. The van der Waals surface area contributed by atoms with Crippen LogP contribution in [0.2, 0.25) is 0 Å². The van der Waals surface area contributed by atoms with Gasteiger partial charge in [-0.15, -0.1) is 0 Å². The first-order valence-corrected chi connectivity index (χ1v) is 11.2. The molecule has 5 N–H and O–H groups in total. The number of carbonyl (C=O) groups is 1. The van der Waals surface area contributed by atoms with Crippen molar-refractivity contribution in [3.8, 4) is 11.1 Å². The highest BCUT2D eigenvalue weighted by molar-refractivity contribution is 6.01. The number of amides is 1. The number of pyridine rings is 2. The van der Waals surface area contributed by atoms with Crippen molar-refractivity contribution in [3.63, 3.8) is 0 Å². The first-order chi connectivity index (χ1) is 16.3. The lowest BCUT2D eigenvalue weighted by Gasteiger charge is -2.13. The van der Waals surface area contributed by atoms with E-state index in [1.165, 1.54) is 12.4 Å². The van der Waals surface area contributed by atoms with Gasteiger partial charge in [0.1, 0.15) is 5.82 Å². The third-order valence-corrected chi connectivity index (χ3v) is 6.93. The van der Waals surface area contributed by atoms with Gasteiger partial charge in [0.25, 0.3) is 0 Å². The summed E-state index contributed by atoms with van der Waals surface area (Å²) >= 11 is 0. The van der Waals surface area contributed by atoms with E-state index in [1.54, 1.807) is 24.7 Å². The van der Waals surface area contributed by atoms with Crippen LogP contribution >= 0.6 is 0 Å². The summed E-state index contributed by atoms with van der Waals surface area (Å²) in [6.07, 6.45) is 9.04. The van der Waals surface area contributed by atoms with E-state index in [0.29, 0.717) is 33.4 Å². The van der Waals surface area contributed by atoms with Crippen LogP contribution in [0.1, 0.15) is 30.5 Å². The number of hydrogen-bond donors (Lipinski definition) is 3. The molecule has 1 saturated carbocycles. The van der Waals surface area contributed by atoms with E-state index < -0.39 is 5.82 Å². The number of nitrogens with two attached hydrogens (primary N) is 2. The average molecular weight is 460 g/mol. The molecule has 4 aromatic rings. The molecule has 3 atom stereocenters. The van der Waals surface area contributed by atoms with Crippen LogP contribution in [-0.4, -0.2) is 25.4 Å². The van der Waals surface area contributed by atoms with Crippen molar-refractivity contribution in [2.45, 2.75) is 26.2 Å². The van der Waals surface area contributed by atoms with Crippen LogP contribution in [0.5, 0.6) is 0 Å². The zero-order chi connectivity index (χ0) is 24.1. The molecule has 1 aromatic carbocycles. The second-order valence-corrected chi connectivity index (χ2v) is 8.89. The van der Waals surface area contributed by atoms with E-state index in [2.05, 4.69) is 27.2 Å². The number of rotatable bonds is 5. The van der Waals surface area contributed by atoms with E-state index in [4.69, 9.17) is 11.5 Å². The van der Waals surface area contributed by atoms with Crippen LogP contribution in [-0.2, 0) is 11.8 Å². The van der Waals surface area contributed by atoms with Crippen LogP contribution in [0.3, 0.4) is 0 Å². The molecule has 9 heteroatoms. The fourth-order valence-corrected chi connectivity index (χ4v) is 4.92. The van der Waals surface area contributed by atoms with Gasteiger partial charge in [0, 0.05) is 53.8 Å². The number of nitrogens with one attached hydrogen (secondary N) is 1. The second-order valence-electron chi connectivity index (χ2n) is 8.89. The Morgan fingerprint density at radius 3 is 2.65 bits per heavy atom. The van der Waals surface area contributed by atoms with Crippen LogP contribution in [0.4, 0.5) is 21.6 Å². The smallest absolute Gasteiger partial charge is 0.229 e. The summed E-state index contributed by atoms with van der Waals surface area (Å²) in [5, 5.41) is 4.07. The van der Waals surface area contributed by atoms with Crippen molar-refractivity contribution in [1.82, 2.24) is 19.5 Å². The maximum Gasteiger partial charge on any atom is 0.229 e. The van der Waals surface area contributed by atoms with Crippen LogP contribution < -0.4 is 16.8 Å². The fraction of sp³-hybridized carbons (Fsp3) is 0.280. The molecule has 1 amide bonds. The van der Waals surface area contributed by atoms with Gasteiger partial charge in [0.2, 0.25) is 5.91 Å². The second kappa shape index (κ2) is 8.09. The Bertz CT molecular complexity index is 1430. The van der Waals surface area contributed by atoms with E-state index in [9.17, 15) is 4.79 Å². The summed E-state index contributed by atoms with van der Waals surface area (Å²) in [6.45, 7) is 3.89. The summed E-state index contributed by atoms with van der Waals surface area (Å²) in [5.41, 5.74) is 15.2. The standard InChI is InChI=1S/C25H26FN7O/c1-4-14-21(19-10-30-11-33(19)3)22(14)25(34)32-20-6-13-5-15(16-7-29-9-18(27)12(16)2)23(26)24(28)17(13)8-31-20/h5-11,14,21-22H,4,27-28H2,1-3H3,(H,31,32,34)/t14-,21-,22+/m1/s1. The van der Waals surface area contributed by atoms with Gasteiger partial charge in [-0.25, -0.2) is 14.4 Å². The van der Waals surface area contributed by atoms with Gasteiger partial charge in [0.15, 0.2) is 5.82 Å². The number of carbonyl (C=O) groups excluding carboxylic acids is 1. The zero-order valence-electron chi connectivity index (χ0n) is 19.2. The van der Waals surface area contributed by atoms with Gasteiger partial charge in [-0.3, -0.25) is 9.78 Å². The molecule has 1 fully saturated rings. The quantitative estimate of drug-likeness (QED) is 0.387. The lowest BCUT2D eigenvalue weighted by molar-refractivity contribution is -0.117. The van der Waals surface area contributed by atoms with Gasteiger partial charge in [-0.2, -0.15) is 0 Å². The fourth-order valence-electron chi connectivity index (χ4n) is 4.92. The summed E-state index contributed by atoms with van der Waals surface area (Å²) in [5.74, 6) is -0.00450. The molecule has 0 bridgehead atoms. The van der Waals surface area contributed by atoms with Gasteiger partial charge in [-0.05, 0) is 35.9 Å². The lowest BCUT2D eigenvalue weighted by Crippen LogP contribution is -2.16. The number of fused-ring (bicyclic) bond motifs is 1. The number of imidazole rings is 1. The maximum absolute atomic E-state index is 15.1. The van der Waals surface area contributed by atoms with Crippen LogP contribution in [0.15, 0.2) is 43.2 Å². The predicted molar refractivity (Wildman–Crippen MR) is 130 cm³/mol. The third-order valence-electron chi connectivity index (χ3n) is 6.93. The number of aryl methyl sites for hydroxylation is 1.